The number of aryl methyl sites for hydroxylation is 3. The van der Waals surface area contributed by atoms with Crippen LogP contribution in [0.5, 0.6) is 0 Å². The molecule has 1 saturated carbocycles. The number of fused-ring (bicyclic) bond motifs is 1. The van der Waals surface area contributed by atoms with E-state index in [0.29, 0.717) is 6.54 Å². The van der Waals surface area contributed by atoms with Crippen molar-refractivity contribution in [3.05, 3.63) is 70.2 Å². The number of aliphatic hydroxyl groups excluding tert-OH is 1. The summed E-state index contributed by atoms with van der Waals surface area (Å²) in [7, 11) is 1.92. The Morgan fingerprint density at radius 2 is 1.94 bits per heavy atom. The fourth-order valence-electron chi connectivity index (χ4n) is 5.23. The average Bonchev–Trinajstić information content (AvgIpc) is 3.27. The normalized spacial score (nSPS) is 20.6. The van der Waals surface area contributed by atoms with E-state index in [9.17, 15) is 9.90 Å². The first-order valence-electron chi connectivity index (χ1n) is 11.5. The summed E-state index contributed by atoms with van der Waals surface area (Å²) in [5.41, 5.74) is 8.25. The van der Waals surface area contributed by atoms with Gasteiger partial charge in [0.1, 0.15) is 0 Å². The number of aromatic nitrogens is 3. The van der Waals surface area contributed by atoms with Gasteiger partial charge in [0.2, 0.25) is 0 Å². The number of rotatable bonds is 4. The van der Waals surface area contributed by atoms with E-state index in [1.165, 1.54) is 5.56 Å². The second-order valence-electron chi connectivity index (χ2n) is 9.32. The van der Waals surface area contributed by atoms with E-state index in [1.807, 2.05) is 37.3 Å². The Kier molecular flexibility index (Phi) is 5.33. The lowest BCUT2D eigenvalue weighted by molar-refractivity contribution is 0.0191. The Balaban J connectivity index is 1.36. The van der Waals surface area contributed by atoms with Gasteiger partial charge in [-0.25, -0.2) is 0 Å². The van der Waals surface area contributed by atoms with Gasteiger partial charge in [0.25, 0.3) is 5.91 Å². The van der Waals surface area contributed by atoms with Crippen molar-refractivity contribution in [3.63, 3.8) is 0 Å². The number of aliphatic hydroxyl groups is 1. The fraction of sp³-hybridized carbons (Fsp3) is 0.423. The average molecular weight is 431 g/mol. The molecule has 2 atom stereocenters. The molecule has 5 rings (SSSR count). The highest BCUT2D eigenvalue weighted by Crippen LogP contribution is 2.33. The molecule has 1 amide bonds. The minimum atomic E-state index is -0.407. The third-order valence-electron chi connectivity index (χ3n) is 7.00. The van der Waals surface area contributed by atoms with Crippen LogP contribution in [0, 0.1) is 13.8 Å². The molecule has 1 aliphatic carbocycles. The Labute approximate surface area is 188 Å². The number of carbonyl (C=O) groups excluding carboxylic acids is 1. The van der Waals surface area contributed by atoms with Crippen LogP contribution in [0.15, 0.2) is 36.7 Å². The first-order chi connectivity index (χ1) is 15.4. The monoisotopic (exact) mass is 430 g/mol. The van der Waals surface area contributed by atoms with Crippen LogP contribution < -0.4 is 0 Å². The smallest absolute Gasteiger partial charge is 0.254 e. The predicted octanol–water partition coefficient (Wildman–Crippen LogP) is 3.95. The maximum Gasteiger partial charge on any atom is 0.254 e. The van der Waals surface area contributed by atoms with Crippen molar-refractivity contribution in [3.8, 4) is 11.3 Å². The predicted molar refractivity (Wildman–Crippen MR) is 123 cm³/mol. The fourth-order valence-corrected chi connectivity index (χ4v) is 5.23. The Morgan fingerprint density at radius 3 is 2.62 bits per heavy atom. The molecule has 0 saturated heterocycles. The third kappa shape index (κ3) is 3.73. The van der Waals surface area contributed by atoms with E-state index < -0.39 is 6.10 Å². The lowest BCUT2D eigenvalue weighted by Crippen LogP contribution is -2.45. The largest absolute Gasteiger partial charge is 0.391 e. The third-order valence-corrected chi connectivity index (χ3v) is 7.00. The highest BCUT2D eigenvalue weighted by molar-refractivity contribution is 5.99. The molecule has 0 unspecified atom stereocenters. The molecular weight excluding hydrogens is 400 g/mol. The summed E-state index contributed by atoms with van der Waals surface area (Å²) in [6.45, 7) is 4.71. The van der Waals surface area contributed by atoms with Crippen LogP contribution in [0.1, 0.15) is 64.0 Å². The van der Waals surface area contributed by atoms with Gasteiger partial charge in [-0.2, -0.15) is 5.10 Å². The lowest BCUT2D eigenvalue weighted by atomic mass is 9.91. The summed E-state index contributed by atoms with van der Waals surface area (Å²) in [6, 6.07) is 8.30. The van der Waals surface area contributed by atoms with Crippen molar-refractivity contribution in [2.75, 3.05) is 0 Å². The maximum atomic E-state index is 13.2. The molecule has 32 heavy (non-hydrogen) atoms. The van der Waals surface area contributed by atoms with Gasteiger partial charge in [-0.05, 0) is 67.5 Å². The van der Waals surface area contributed by atoms with Crippen LogP contribution in [0.25, 0.3) is 11.3 Å². The molecule has 1 aromatic carbocycles. The van der Waals surface area contributed by atoms with E-state index in [0.717, 1.165) is 71.3 Å². The van der Waals surface area contributed by atoms with Crippen molar-refractivity contribution < 1.29 is 9.90 Å². The topological polar surface area (TPSA) is 71.2 Å². The molecule has 0 spiro atoms. The van der Waals surface area contributed by atoms with Gasteiger partial charge in [-0.1, -0.05) is 25.0 Å². The summed E-state index contributed by atoms with van der Waals surface area (Å²) < 4.78 is 1.81. The molecule has 3 aromatic rings. The quantitative estimate of drug-likeness (QED) is 0.680. The Bertz CT molecular complexity index is 1170. The number of carbonyl (C=O) groups is 1. The van der Waals surface area contributed by atoms with E-state index in [2.05, 4.69) is 35.2 Å². The molecule has 166 valence electrons. The van der Waals surface area contributed by atoms with Gasteiger partial charge in [0, 0.05) is 37.1 Å². The van der Waals surface area contributed by atoms with E-state index in [4.69, 9.17) is 0 Å². The zero-order valence-corrected chi connectivity index (χ0v) is 19.0. The minimum absolute atomic E-state index is 0.0555. The van der Waals surface area contributed by atoms with Crippen LogP contribution in [0.4, 0.5) is 0 Å². The minimum Gasteiger partial charge on any atom is -0.391 e. The summed E-state index contributed by atoms with van der Waals surface area (Å²) in [6.07, 6.45) is 8.03. The molecule has 2 aliphatic rings. The molecule has 6 heteroatoms. The number of nitrogens with zero attached hydrogens (tertiary/aromatic N) is 4. The first kappa shape index (κ1) is 20.9. The Hall–Kier alpha value is -2.99. The van der Waals surface area contributed by atoms with Crippen molar-refractivity contribution in [2.45, 2.75) is 64.6 Å². The van der Waals surface area contributed by atoms with Crippen molar-refractivity contribution in [1.82, 2.24) is 19.7 Å². The first-order valence-corrected chi connectivity index (χ1v) is 11.5. The number of hydrogen-bond acceptors (Lipinski definition) is 4. The van der Waals surface area contributed by atoms with Gasteiger partial charge in [-0.15, -0.1) is 0 Å². The zero-order chi connectivity index (χ0) is 22.4. The van der Waals surface area contributed by atoms with Crippen LogP contribution in [0.3, 0.4) is 0 Å². The number of amides is 1. The lowest BCUT2D eigenvalue weighted by Gasteiger charge is -2.35. The number of pyridine rings is 1. The van der Waals surface area contributed by atoms with Crippen molar-refractivity contribution in [2.24, 2.45) is 7.05 Å². The van der Waals surface area contributed by atoms with Crippen molar-refractivity contribution >= 4 is 5.91 Å². The molecular formula is C26H30N4O2. The number of benzene rings is 1. The van der Waals surface area contributed by atoms with Gasteiger partial charge < -0.3 is 10.0 Å². The Morgan fingerprint density at radius 1 is 1.12 bits per heavy atom. The molecule has 1 aliphatic heterocycles. The van der Waals surface area contributed by atoms with Crippen molar-refractivity contribution in [1.29, 1.82) is 0 Å². The standard InChI is InChI=1S/C26H30N4O2/c1-16-10-20-14-30(24-6-4-5-7-25(24)31)26(32)21(20)12-19(16)11-18-8-9-23(27-13-18)22-15-29(3)28-17(22)2/h8-10,12-13,15,24-25,31H,4-7,11,14H2,1-3H3/t24-,25-/m1/s1. The molecule has 0 radical (unpaired) electrons. The maximum absolute atomic E-state index is 13.2. The van der Waals surface area contributed by atoms with E-state index in [1.54, 1.807) is 4.68 Å². The van der Waals surface area contributed by atoms with E-state index in [-0.39, 0.29) is 11.9 Å². The van der Waals surface area contributed by atoms with Crippen LogP contribution in [0.2, 0.25) is 0 Å². The van der Waals surface area contributed by atoms with Crippen LogP contribution in [-0.2, 0) is 20.0 Å². The molecule has 0 bridgehead atoms. The van der Waals surface area contributed by atoms with Gasteiger partial charge in [-0.3, -0.25) is 14.5 Å². The van der Waals surface area contributed by atoms with Crippen LogP contribution >= 0.6 is 0 Å². The second-order valence-corrected chi connectivity index (χ2v) is 9.32. The molecule has 2 aromatic heterocycles. The SMILES string of the molecule is Cc1cc2c(cc1Cc1ccc(-c3cn(C)nc3C)nc1)C(=O)N([C@@H]1CCCC[C@H]1O)C2. The second kappa shape index (κ2) is 8.17. The summed E-state index contributed by atoms with van der Waals surface area (Å²) in [5, 5.41) is 14.8. The highest BCUT2D eigenvalue weighted by atomic mass is 16.3. The molecule has 1 fully saturated rings. The van der Waals surface area contributed by atoms with Gasteiger partial charge in [0.15, 0.2) is 0 Å². The van der Waals surface area contributed by atoms with E-state index >= 15 is 0 Å². The summed E-state index contributed by atoms with van der Waals surface area (Å²) >= 11 is 0. The van der Waals surface area contributed by atoms with Gasteiger partial charge in [0.05, 0.1) is 23.5 Å². The molecule has 3 heterocycles. The zero-order valence-electron chi connectivity index (χ0n) is 19.0. The molecule has 1 N–H and O–H groups in total. The molecule has 6 nitrogen and oxygen atoms in total. The van der Waals surface area contributed by atoms with Crippen LogP contribution in [-0.4, -0.2) is 42.8 Å². The summed E-state index contributed by atoms with van der Waals surface area (Å²) in [4.78, 5) is 19.7. The van der Waals surface area contributed by atoms with Gasteiger partial charge >= 0.3 is 0 Å². The number of hydrogen-bond donors (Lipinski definition) is 1. The highest BCUT2D eigenvalue weighted by Gasteiger charge is 2.37. The summed E-state index contributed by atoms with van der Waals surface area (Å²) in [5.74, 6) is 0.0627.